The maximum atomic E-state index is 12.6. The van der Waals surface area contributed by atoms with E-state index < -0.39 is 23.9 Å². The molecular formula is C40H34O9. The molecule has 0 aromatic heterocycles. The molecule has 9 heteroatoms. The fourth-order valence-electron chi connectivity index (χ4n) is 3.97. The van der Waals surface area contributed by atoms with E-state index in [-0.39, 0.29) is 29.1 Å². The van der Waals surface area contributed by atoms with Crippen molar-refractivity contribution in [2.24, 2.45) is 0 Å². The van der Waals surface area contributed by atoms with Crippen LogP contribution in [0.1, 0.15) is 48.1 Å². The van der Waals surface area contributed by atoms with Crippen molar-refractivity contribution in [3.05, 3.63) is 139 Å². The Morgan fingerprint density at radius 2 is 1.33 bits per heavy atom. The summed E-state index contributed by atoms with van der Waals surface area (Å²) in [7, 11) is 1.45. The highest BCUT2D eigenvalue weighted by molar-refractivity contribution is 5.89. The average molecular weight is 659 g/mol. The van der Waals surface area contributed by atoms with Gasteiger partial charge in [0.2, 0.25) is 0 Å². The summed E-state index contributed by atoms with van der Waals surface area (Å²) in [4.78, 5) is 47.3. The van der Waals surface area contributed by atoms with E-state index in [2.05, 4.69) is 31.6 Å². The normalized spacial score (nSPS) is 10.6. The fraction of sp³-hybridized carbons (Fsp3) is 0.100. The maximum absolute atomic E-state index is 12.6. The molecule has 0 heterocycles. The molecule has 3 aromatic carbocycles. The van der Waals surface area contributed by atoms with Gasteiger partial charge in [0.15, 0.2) is 5.75 Å². The molecule has 0 spiro atoms. The van der Waals surface area contributed by atoms with Crippen LogP contribution in [-0.4, -0.2) is 31.0 Å². The van der Waals surface area contributed by atoms with E-state index in [0.717, 1.165) is 23.3 Å². The summed E-state index contributed by atoms with van der Waals surface area (Å²) in [6.45, 7) is 13.5. The molecule has 0 aliphatic rings. The average Bonchev–Trinajstić information content (AvgIpc) is 3.11. The molecule has 0 N–H and O–H groups in total. The van der Waals surface area contributed by atoms with Crippen LogP contribution in [0.2, 0.25) is 0 Å². The van der Waals surface area contributed by atoms with Gasteiger partial charge >= 0.3 is 23.9 Å². The van der Waals surface area contributed by atoms with E-state index in [0.29, 0.717) is 22.3 Å². The van der Waals surface area contributed by atoms with E-state index in [4.69, 9.17) is 23.7 Å². The Balaban J connectivity index is 2.16. The minimum absolute atomic E-state index is 0.109. The minimum atomic E-state index is -0.615. The Morgan fingerprint density at radius 3 is 1.84 bits per heavy atom. The molecule has 0 unspecified atom stereocenters. The SMILES string of the molecule is C=CC(=O)O/C=C/c1ccc(C#Cc2c(OC(=O)CC)cc(-c3ccc(/C=C/OC(=O)C=C)cc3)c(/C=C/OC(=O)C(=C)C)c2OC)cc1. The van der Waals surface area contributed by atoms with E-state index >= 15 is 0 Å². The van der Waals surface area contributed by atoms with Crippen LogP contribution < -0.4 is 9.47 Å². The summed E-state index contributed by atoms with van der Waals surface area (Å²) in [6, 6.07) is 16.0. The van der Waals surface area contributed by atoms with Crippen molar-refractivity contribution in [3.63, 3.8) is 0 Å². The number of esters is 4. The van der Waals surface area contributed by atoms with Gasteiger partial charge < -0.3 is 23.7 Å². The summed E-state index contributed by atoms with van der Waals surface area (Å²) in [6.07, 6.45) is 10.7. The van der Waals surface area contributed by atoms with Crippen LogP contribution >= 0.6 is 0 Å². The Morgan fingerprint density at radius 1 is 0.776 bits per heavy atom. The van der Waals surface area contributed by atoms with Crippen LogP contribution in [-0.2, 0) is 33.4 Å². The first kappa shape index (κ1) is 36.8. The lowest BCUT2D eigenvalue weighted by Gasteiger charge is -2.17. The van der Waals surface area contributed by atoms with Crippen molar-refractivity contribution in [2.75, 3.05) is 7.11 Å². The van der Waals surface area contributed by atoms with Crippen LogP contribution in [0.15, 0.2) is 111 Å². The highest BCUT2D eigenvalue weighted by Gasteiger charge is 2.21. The Labute approximate surface area is 285 Å². The van der Waals surface area contributed by atoms with E-state index in [1.165, 1.54) is 32.8 Å². The molecule has 0 bridgehead atoms. The van der Waals surface area contributed by atoms with Crippen molar-refractivity contribution < 1.29 is 42.9 Å². The van der Waals surface area contributed by atoms with Gasteiger partial charge in [-0.25, -0.2) is 14.4 Å². The lowest BCUT2D eigenvalue weighted by Crippen LogP contribution is -2.08. The molecule has 0 saturated carbocycles. The Kier molecular flexibility index (Phi) is 13.9. The number of ether oxygens (including phenoxy) is 5. The zero-order chi connectivity index (χ0) is 35.8. The summed E-state index contributed by atoms with van der Waals surface area (Å²) in [5, 5.41) is 0. The number of carbonyl (C=O) groups excluding carboxylic acids is 4. The van der Waals surface area contributed by atoms with Gasteiger partial charge in [-0.05, 0) is 65.6 Å². The molecule has 0 atom stereocenters. The first-order chi connectivity index (χ1) is 23.6. The summed E-state index contributed by atoms with van der Waals surface area (Å²) in [5.74, 6) is 4.32. The second kappa shape index (κ2) is 18.5. The standard InChI is InChI=1S/C40H34O9/c1-7-36(41)46-23-20-29-12-10-28(11-13-29)16-19-33-35(49-38(43)9-3)26-34(32(39(33)45-6)22-25-48-40(44)27(4)5)31-17-14-30(15-18-31)21-24-47-37(42)8-2/h7-8,10-15,17-18,20-26H,1-2,4,9H2,3,5-6H3/b23-20+,24-21+,25-22+. The topological polar surface area (TPSA) is 114 Å². The number of carbonyl (C=O) groups is 4. The molecule has 9 nitrogen and oxygen atoms in total. The molecule has 3 rings (SSSR count). The first-order valence-electron chi connectivity index (χ1n) is 14.8. The molecule has 0 aliphatic carbocycles. The lowest BCUT2D eigenvalue weighted by molar-refractivity contribution is -0.134. The molecule has 0 fully saturated rings. The van der Waals surface area contributed by atoms with Crippen LogP contribution in [0, 0.1) is 11.8 Å². The predicted octanol–water partition coefficient (Wildman–Crippen LogP) is 7.57. The number of benzene rings is 3. The molecule has 0 radical (unpaired) electrons. The van der Waals surface area contributed by atoms with Crippen LogP contribution in [0.5, 0.6) is 11.5 Å². The number of hydrogen-bond acceptors (Lipinski definition) is 9. The van der Waals surface area contributed by atoms with Gasteiger partial charge in [0.1, 0.15) is 11.3 Å². The quantitative estimate of drug-likeness (QED) is 0.0458. The van der Waals surface area contributed by atoms with Gasteiger partial charge in [0.05, 0.1) is 25.9 Å². The summed E-state index contributed by atoms with van der Waals surface area (Å²) in [5.41, 5.74) is 4.38. The highest BCUT2D eigenvalue weighted by atomic mass is 16.5. The molecule has 49 heavy (non-hydrogen) atoms. The number of methoxy groups -OCH3 is 1. The van der Waals surface area contributed by atoms with Crippen LogP contribution in [0.25, 0.3) is 29.4 Å². The van der Waals surface area contributed by atoms with Gasteiger partial charge in [-0.2, -0.15) is 0 Å². The van der Waals surface area contributed by atoms with Crippen molar-refractivity contribution >= 4 is 42.1 Å². The van der Waals surface area contributed by atoms with Crippen molar-refractivity contribution in [1.82, 2.24) is 0 Å². The third-order valence-electron chi connectivity index (χ3n) is 6.45. The first-order valence-corrected chi connectivity index (χ1v) is 14.8. The van der Waals surface area contributed by atoms with Gasteiger partial charge in [0.25, 0.3) is 0 Å². The van der Waals surface area contributed by atoms with Gasteiger partial charge in [-0.15, -0.1) is 0 Å². The third kappa shape index (κ3) is 11.0. The highest BCUT2D eigenvalue weighted by Crippen LogP contribution is 2.41. The van der Waals surface area contributed by atoms with Gasteiger partial charge in [0, 0.05) is 35.3 Å². The zero-order valence-electron chi connectivity index (χ0n) is 27.3. The second-order valence-corrected chi connectivity index (χ2v) is 9.94. The fourth-order valence-corrected chi connectivity index (χ4v) is 3.97. The number of hydrogen-bond donors (Lipinski definition) is 0. The lowest BCUT2D eigenvalue weighted by atomic mass is 9.94. The summed E-state index contributed by atoms with van der Waals surface area (Å²) < 4.78 is 26.6. The van der Waals surface area contributed by atoms with Crippen LogP contribution in [0.3, 0.4) is 0 Å². The predicted molar refractivity (Wildman–Crippen MR) is 187 cm³/mol. The van der Waals surface area contributed by atoms with Crippen molar-refractivity contribution in [2.45, 2.75) is 20.3 Å². The largest absolute Gasteiger partial charge is 0.495 e. The van der Waals surface area contributed by atoms with E-state index in [1.54, 1.807) is 67.6 Å². The molecule has 0 amide bonds. The molecule has 0 aliphatic heterocycles. The monoisotopic (exact) mass is 658 g/mol. The molecular weight excluding hydrogens is 624 g/mol. The third-order valence-corrected chi connectivity index (χ3v) is 6.45. The maximum Gasteiger partial charge on any atom is 0.337 e. The molecule has 248 valence electrons. The van der Waals surface area contributed by atoms with E-state index in [1.807, 2.05) is 12.1 Å². The van der Waals surface area contributed by atoms with E-state index in [9.17, 15) is 19.2 Å². The van der Waals surface area contributed by atoms with Crippen LogP contribution in [0.4, 0.5) is 0 Å². The Hall–Kier alpha value is -6.66. The second-order valence-electron chi connectivity index (χ2n) is 9.94. The van der Waals surface area contributed by atoms with Crippen molar-refractivity contribution in [3.8, 4) is 34.5 Å². The zero-order valence-corrected chi connectivity index (χ0v) is 27.3. The molecule has 0 saturated heterocycles. The molecule has 3 aromatic rings. The van der Waals surface area contributed by atoms with Gasteiger partial charge in [-0.3, -0.25) is 4.79 Å². The van der Waals surface area contributed by atoms with Crippen molar-refractivity contribution in [1.29, 1.82) is 0 Å². The number of rotatable bonds is 13. The minimum Gasteiger partial charge on any atom is -0.495 e. The smallest absolute Gasteiger partial charge is 0.337 e. The summed E-state index contributed by atoms with van der Waals surface area (Å²) >= 11 is 0. The van der Waals surface area contributed by atoms with Gasteiger partial charge in [-0.1, -0.05) is 74.9 Å². The Bertz CT molecular complexity index is 1900.